The maximum absolute atomic E-state index is 12.7. The maximum Gasteiger partial charge on any atom is 0.342 e. The Labute approximate surface area is 346 Å². The van der Waals surface area contributed by atoms with Crippen molar-refractivity contribution in [3.05, 3.63) is 34.9 Å². The van der Waals surface area contributed by atoms with Crippen LogP contribution in [0.4, 0.5) is 9.59 Å². The van der Waals surface area contributed by atoms with Gasteiger partial charge in [0.05, 0.1) is 24.6 Å². The Hall–Kier alpha value is -3.70. The number of unbranched alkanes of at least 4 members (excludes halogenated alkanes) is 1. The predicted molar refractivity (Wildman–Crippen MR) is 223 cm³/mol. The van der Waals surface area contributed by atoms with Crippen molar-refractivity contribution < 1.29 is 28.7 Å². The van der Waals surface area contributed by atoms with Gasteiger partial charge in [-0.2, -0.15) is 19.6 Å². The molecule has 0 radical (unpaired) electrons. The van der Waals surface area contributed by atoms with Crippen molar-refractivity contribution in [3.63, 3.8) is 0 Å². The summed E-state index contributed by atoms with van der Waals surface area (Å²) in [6, 6.07) is 4.08. The van der Waals surface area contributed by atoms with E-state index in [-0.39, 0.29) is 36.1 Å². The van der Waals surface area contributed by atoms with Crippen LogP contribution in [-0.2, 0) is 19.1 Å². The van der Waals surface area contributed by atoms with E-state index < -0.39 is 0 Å². The van der Waals surface area contributed by atoms with Gasteiger partial charge in [0.25, 0.3) is 0 Å². The molecule has 4 fully saturated rings. The average Bonchev–Trinajstić information content (AvgIpc) is 3.74. The first-order chi connectivity index (χ1) is 28.0. The predicted octanol–water partition coefficient (Wildman–Crippen LogP) is 9.29. The summed E-state index contributed by atoms with van der Waals surface area (Å²) in [7, 11) is 0. The van der Waals surface area contributed by atoms with Gasteiger partial charge >= 0.3 is 24.0 Å². The number of aryl methyl sites for hydroxylation is 4. The second-order valence-corrected chi connectivity index (χ2v) is 18.8. The lowest BCUT2D eigenvalue weighted by Gasteiger charge is -2.34. The highest BCUT2D eigenvalue weighted by Crippen LogP contribution is 2.39. The van der Waals surface area contributed by atoms with E-state index in [2.05, 4.69) is 20.8 Å². The normalized spacial score (nSPS) is 27.7. The third-order valence-corrected chi connectivity index (χ3v) is 14.0. The van der Waals surface area contributed by atoms with Crippen LogP contribution >= 0.6 is 0 Å². The number of nitrogens with zero attached hydrogens (tertiary/aromatic N) is 4. The van der Waals surface area contributed by atoms with Crippen LogP contribution in [0.2, 0.25) is 0 Å². The third-order valence-electron chi connectivity index (χ3n) is 14.0. The van der Waals surface area contributed by atoms with Gasteiger partial charge in [0.15, 0.2) is 0 Å². The van der Waals surface area contributed by atoms with Crippen LogP contribution in [0.5, 0.6) is 0 Å². The zero-order valence-corrected chi connectivity index (χ0v) is 36.0. The standard InChI is InChI=1S/C46H72N6O6/c1-31-25-33(3)51(49-31)45(55)47-41-19-15-37(16-20-41)27-35-7-11-39(12-8-35)29-43(53)57-23-5-6-24-58-44(54)30-40-13-9-36(10-14-40)28-38-17-21-42(22-18-38)48-46(56)52-34(4)26-32(2)50-52/h25-26,35-42H,5-24,27-30H2,1-4H3,(H,47,55)(H,48,56). The molecule has 2 amide bonds. The molecule has 2 N–H and O–H groups in total. The Bertz CT molecular complexity index is 1520. The lowest BCUT2D eigenvalue weighted by atomic mass is 9.74. The molecule has 2 heterocycles. The molecular weight excluding hydrogens is 733 g/mol. The number of esters is 2. The number of aromatic nitrogens is 4. The number of carbonyl (C=O) groups excluding carboxylic acids is 4. The minimum atomic E-state index is -0.116. The highest BCUT2D eigenvalue weighted by atomic mass is 16.5. The van der Waals surface area contributed by atoms with Crippen molar-refractivity contribution in [1.29, 1.82) is 0 Å². The minimum Gasteiger partial charge on any atom is -0.466 e. The lowest BCUT2D eigenvalue weighted by molar-refractivity contribution is -0.147. The molecule has 4 saturated carbocycles. The van der Waals surface area contributed by atoms with Crippen molar-refractivity contribution >= 4 is 24.0 Å². The first-order valence-electron chi connectivity index (χ1n) is 23.0. The molecule has 0 unspecified atom stereocenters. The van der Waals surface area contributed by atoms with E-state index >= 15 is 0 Å². The number of rotatable bonds is 15. The summed E-state index contributed by atoms with van der Waals surface area (Å²) >= 11 is 0. The largest absolute Gasteiger partial charge is 0.466 e. The Kier molecular flexibility index (Phi) is 16.3. The fourth-order valence-corrected chi connectivity index (χ4v) is 10.7. The molecule has 322 valence electrons. The summed E-state index contributed by atoms with van der Waals surface area (Å²) in [4.78, 5) is 50.4. The van der Waals surface area contributed by atoms with E-state index in [4.69, 9.17) is 9.47 Å². The van der Waals surface area contributed by atoms with E-state index in [0.717, 1.165) is 123 Å². The van der Waals surface area contributed by atoms with Crippen LogP contribution in [0.1, 0.15) is 164 Å². The number of hydrogen-bond acceptors (Lipinski definition) is 8. The molecule has 0 saturated heterocycles. The number of ether oxygens (including phenoxy) is 2. The van der Waals surface area contributed by atoms with Crippen LogP contribution in [0.25, 0.3) is 0 Å². The van der Waals surface area contributed by atoms with E-state index in [1.807, 2.05) is 39.8 Å². The van der Waals surface area contributed by atoms with Crippen LogP contribution in [0.3, 0.4) is 0 Å². The molecule has 0 atom stereocenters. The second-order valence-electron chi connectivity index (χ2n) is 18.8. The molecule has 4 aliphatic rings. The van der Waals surface area contributed by atoms with Gasteiger partial charge in [-0.15, -0.1) is 0 Å². The molecule has 0 aliphatic heterocycles. The highest BCUT2D eigenvalue weighted by molar-refractivity contribution is 5.77. The van der Waals surface area contributed by atoms with Gasteiger partial charge in [0, 0.05) is 36.3 Å². The quantitative estimate of drug-likeness (QED) is 0.134. The Morgan fingerprint density at radius 1 is 0.517 bits per heavy atom. The van der Waals surface area contributed by atoms with Gasteiger partial charge < -0.3 is 20.1 Å². The molecule has 2 aromatic rings. The first kappa shape index (κ1) is 43.9. The van der Waals surface area contributed by atoms with E-state index in [9.17, 15) is 19.2 Å². The molecular formula is C46H72N6O6. The van der Waals surface area contributed by atoms with E-state index in [1.165, 1.54) is 47.9 Å². The van der Waals surface area contributed by atoms with Gasteiger partial charge in [0.1, 0.15) is 0 Å². The van der Waals surface area contributed by atoms with Crippen LogP contribution in [0.15, 0.2) is 12.1 Å². The highest BCUT2D eigenvalue weighted by Gasteiger charge is 2.31. The molecule has 0 aromatic carbocycles. The van der Waals surface area contributed by atoms with Crippen molar-refractivity contribution in [3.8, 4) is 0 Å². The second kappa shape index (κ2) is 21.5. The zero-order chi connectivity index (χ0) is 41.0. The van der Waals surface area contributed by atoms with Crippen LogP contribution < -0.4 is 10.6 Å². The summed E-state index contributed by atoms with van der Waals surface area (Å²) in [5.74, 6) is 3.59. The van der Waals surface area contributed by atoms with E-state index in [0.29, 0.717) is 50.7 Å². The molecule has 0 bridgehead atoms. The van der Waals surface area contributed by atoms with Crippen molar-refractivity contribution in [2.45, 2.75) is 181 Å². The maximum atomic E-state index is 12.7. The van der Waals surface area contributed by atoms with Crippen molar-refractivity contribution in [2.75, 3.05) is 13.2 Å². The molecule has 12 heteroatoms. The Balaban J connectivity index is 0.729. The fraction of sp³-hybridized carbons (Fsp3) is 0.783. The van der Waals surface area contributed by atoms with Gasteiger partial charge in [-0.05, 0) is 178 Å². The fourth-order valence-electron chi connectivity index (χ4n) is 10.7. The van der Waals surface area contributed by atoms with Crippen molar-refractivity contribution in [2.24, 2.45) is 35.5 Å². The monoisotopic (exact) mass is 805 g/mol. The van der Waals surface area contributed by atoms with Gasteiger partial charge in [0.2, 0.25) is 0 Å². The Morgan fingerprint density at radius 3 is 1.14 bits per heavy atom. The number of hydrogen-bond donors (Lipinski definition) is 2. The van der Waals surface area contributed by atoms with Crippen LogP contribution in [-0.4, -0.2) is 68.9 Å². The molecule has 2 aromatic heterocycles. The first-order valence-corrected chi connectivity index (χ1v) is 23.0. The molecule has 6 rings (SSSR count). The third kappa shape index (κ3) is 13.4. The van der Waals surface area contributed by atoms with Gasteiger partial charge in [-0.3, -0.25) is 9.59 Å². The molecule has 4 aliphatic carbocycles. The van der Waals surface area contributed by atoms with Crippen molar-refractivity contribution in [1.82, 2.24) is 30.2 Å². The summed E-state index contributed by atoms with van der Waals surface area (Å²) < 4.78 is 14.1. The minimum absolute atomic E-state index is 0.0930. The van der Waals surface area contributed by atoms with E-state index in [1.54, 1.807) is 0 Å². The Morgan fingerprint density at radius 2 is 0.828 bits per heavy atom. The topological polar surface area (TPSA) is 146 Å². The van der Waals surface area contributed by atoms with Gasteiger partial charge in [-0.25, -0.2) is 9.59 Å². The smallest absolute Gasteiger partial charge is 0.342 e. The molecule has 0 spiro atoms. The molecule has 58 heavy (non-hydrogen) atoms. The number of carbonyl (C=O) groups is 4. The summed E-state index contributed by atoms with van der Waals surface area (Å²) in [6.45, 7) is 8.42. The summed E-state index contributed by atoms with van der Waals surface area (Å²) in [5, 5.41) is 15.0. The van der Waals surface area contributed by atoms with Gasteiger partial charge in [-0.1, -0.05) is 25.7 Å². The number of amides is 2. The lowest BCUT2D eigenvalue weighted by Crippen LogP contribution is -2.41. The summed E-state index contributed by atoms with van der Waals surface area (Å²) in [6.07, 6.45) is 22.9. The molecule has 12 nitrogen and oxygen atoms in total. The average molecular weight is 805 g/mol. The number of nitrogens with one attached hydrogen (secondary N) is 2. The van der Waals surface area contributed by atoms with Crippen LogP contribution in [0, 0.1) is 63.2 Å². The zero-order valence-electron chi connectivity index (χ0n) is 36.0. The SMILES string of the molecule is Cc1cc(C)n(C(=O)NC2CCC(CC3CCC(CC(=O)OCCCCOC(=O)CC4CCC(CC5CCC(NC(=O)n6nc(C)cc6C)CC5)CC4)CC3)CC2)n1. The summed E-state index contributed by atoms with van der Waals surface area (Å²) in [5.41, 5.74) is 3.45.